The molecule has 1 aromatic carbocycles. The van der Waals surface area contributed by atoms with Crippen molar-refractivity contribution in [3.05, 3.63) is 58.1 Å². The molecule has 0 aliphatic carbocycles. The van der Waals surface area contributed by atoms with E-state index in [4.69, 9.17) is 11.6 Å². The van der Waals surface area contributed by atoms with Crippen LogP contribution in [0, 0.1) is 19.7 Å². The van der Waals surface area contributed by atoms with E-state index in [1.54, 1.807) is 22.8 Å². The van der Waals surface area contributed by atoms with E-state index in [0.29, 0.717) is 17.1 Å². The second-order valence-corrected chi connectivity index (χ2v) is 5.37. The third-order valence-corrected chi connectivity index (χ3v) is 3.49. The number of fused-ring (bicyclic) bond motifs is 1. The largest absolute Gasteiger partial charge is 0.366 e. The highest BCUT2D eigenvalue weighted by molar-refractivity contribution is 6.30. The minimum Gasteiger partial charge on any atom is -0.366 e. The maximum absolute atomic E-state index is 13.8. The Morgan fingerprint density at radius 1 is 1.29 bits per heavy atom. The maximum atomic E-state index is 13.8. The Hall–Kier alpha value is -2.14. The molecule has 3 rings (SSSR count). The van der Waals surface area contributed by atoms with Gasteiger partial charge in [0, 0.05) is 34.5 Å². The lowest BCUT2D eigenvalue weighted by molar-refractivity contribution is 0.612. The molecule has 0 unspecified atom stereocenters. The quantitative estimate of drug-likeness (QED) is 0.801. The van der Waals surface area contributed by atoms with E-state index < -0.39 is 0 Å². The standard InChI is InChI=1S/C15H14ClFN4/c1-9-7-19-21-14(5-10(2)20-15(9)21)18-8-11-3-4-12(16)6-13(11)17/h3-7,18H,8H2,1-2H3. The summed E-state index contributed by atoms with van der Waals surface area (Å²) in [4.78, 5) is 4.45. The zero-order chi connectivity index (χ0) is 15.0. The maximum Gasteiger partial charge on any atom is 0.160 e. The van der Waals surface area contributed by atoms with Crippen molar-refractivity contribution < 1.29 is 4.39 Å². The van der Waals surface area contributed by atoms with Gasteiger partial charge in [0.1, 0.15) is 11.6 Å². The summed E-state index contributed by atoms with van der Waals surface area (Å²) in [6.07, 6.45) is 1.76. The van der Waals surface area contributed by atoms with Gasteiger partial charge in [0.05, 0.1) is 6.20 Å². The molecule has 2 aromatic heterocycles. The molecule has 0 saturated carbocycles. The van der Waals surface area contributed by atoms with Gasteiger partial charge >= 0.3 is 0 Å². The van der Waals surface area contributed by atoms with Crippen LogP contribution < -0.4 is 5.32 Å². The molecular formula is C15H14ClFN4. The number of rotatable bonds is 3. The molecule has 0 amide bonds. The monoisotopic (exact) mass is 304 g/mol. The zero-order valence-electron chi connectivity index (χ0n) is 11.7. The van der Waals surface area contributed by atoms with Crippen molar-refractivity contribution in [3.8, 4) is 0 Å². The van der Waals surface area contributed by atoms with Crippen LogP contribution in [-0.2, 0) is 6.54 Å². The van der Waals surface area contributed by atoms with Crippen molar-refractivity contribution in [2.45, 2.75) is 20.4 Å². The van der Waals surface area contributed by atoms with Gasteiger partial charge in [-0.1, -0.05) is 17.7 Å². The van der Waals surface area contributed by atoms with Gasteiger partial charge in [0.15, 0.2) is 5.65 Å². The van der Waals surface area contributed by atoms with Crippen LogP contribution in [-0.4, -0.2) is 14.6 Å². The third kappa shape index (κ3) is 2.69. The molecule has 2 heterocycles. The van der Waals surface area contributed by atoms with E-state index in [1.165, 1.54) is 6.07 Å². The average Bonchev–Trinajstić information content (AvgIpc) is 2.79. The van der Waals surface area contributed by atoms with Crippen LogP contribution in [0.25, 0.3) is 5.65 Å². The first-order valence-electron chi connectivity index (χ1n) is 6.54. The van der Waals surface area contributed by atoms with Gasteiger partial charge in [0.2, 0.25) is 0 Å². The van der Waals surface area contributed by atoms with Crippen molar-refractivity contribution >= 4 is 23.1 Å². The van der Waals surface area contributed by atoms with Gasteiger partial charge in [-0.15, -0.1) is 0 Å². The lowest BCUT2D eigenvalue weighted by Gasteiger charge is -2.10. The lowest BCUT2D eigenvalue weighted by atomic mass is 10.2. The summed E-state index contributed by atoms with van der Waals surface area (Å²) in [5.74, 6) is 0.452. The second kappa shape index (κ2) is 5.33. The molecule has 0 aliphatic rings. The normalized spacial score (nSPS) is 11.0. The van der Waals surface area contributed by atoms with Gasteiger partial charge in [-0.05, 0) is 26.0 Å². The Labute approximate surface area is 126 Å². The molecular weight excluding hydrogens is 291 g/mol. The minimum atomic E-state index is -0.325. The summed E-state index contributed by atoms with van der Waals surface area (Å²) in [6.45, 7) is 4.22. The molecule has 0 spiro atoms. The van der Waals surface area contributed by atoms with Gasteiger partial charge in [-0.25, -0.2) is 9.37 Å². The molecule has 0 atom stereocenters. The van der Waals surface area contributed by atoms with Gasteiger partial charge in [-0.2, -0.15) is 9.61 Å². The fourth-order valence-electron chi connectivity index (χ4n) is 2.17. The molecule has 4 nitrogen and oxygen atoms in total. The molecule has 0 aliphatic heterocycles. The summed E-state index contributed by atoms with van der Waals surface area (Å²) in [7, 11) is 0. The number of halogens is 2. The van der Waals surface area contributed by atoms with Crippen molar-refractivity contribution in [2.24, 2.45) is 0 Å². The van der Waals surface area contributed by atoms with Gasteiger partial charge in [0.25, 0.3) is 0 Å². The van der Waals surface area contributed by atoms with Crippen LogP contribution >= 0.6 is 11.6 Å². The Balaban J connectivity index is 1.91. The van der Waals surface area contributed by atoms with E-state index in [9.17, 15) is 4.39 Å². The molecule has 1 N–H and O–H groups in total. The highest BCUT2D eigenvalue weighted by Gasteiger charge is 2.08. The van der Waals surface area contributed by atoms with Gasteiger partial charge in [-0.3, -0.25) is 0 Å². The highest BCUT2D eigenvalue weighted by Crippen LogP contribution is 2.18. The molecule has 108 valence electrons. The molecule has 0 bridgehead atoms. The number of nitrogens with one attached hydrogen (secondary N) is 1. The van der Waals surface area contributed by atoms with Crippen LogP contribution in [0.4, 0.5) is 10.2 Å². The Morgan fingerprint density at radius 2 is 2.10 bits per heavy atom. The van der Waals surface area contributed by atoms with Crippen molar-refractivity contribution in [2.75, 3.05) is 5.32 Å². The number of aryl methyl sites for hydroxylation is 2. The topological polar surface area (TPSA) is 42.2 Å². The Morgan fingerprint density at radius 3 is 2.86 bits per heavy atom. The molecule has 0 saturated heterocycles. The second-order valence-electron chi connectivity index (χ2n) is 4.94. The van der Waals surface area contributed by atoms with Crippen LogP contribution in [0.3, 0.4) is 0 Å². The molecule has 3 aromatic rings. The Bertz CT molecular complexity index is 813. The van der Waals surface area contributed by atoms with Crippen LogP contribution in [0.15, 0.2) is 30.5 Å². The fraction of sp³-hybridized carbons (Fsp3) is 0.200. The van der Waals surface area contributed by atoms with E-state index in [-0.39, 0.29) is 5.82 Å². The SMILES string of the molecule is Cc1cc(NCc2ccc(Cl)cc2F)n2ncc(C)c2n1. The number of anilines is 1. The van der Waals surface area contributed by atoms with Crippen LogP contribution in [0.2, 0.25) is 5.02 Å². The smallest absolute Gasteiger partial charge is 0.160 e. The van der Waals surface area contributed by atoms with Crippen LogP contribution in [0.1, 0.15) is 16.8 Å². The van der Waals surface area contributed by atoms with E-state index in [2.05, 4.69) is 15.4 Å². The van der Waals surface area contributed by atoms with E-state index >= 15 is 0 Å². The molecule has 0 radical (unpaired) electrons. The van der Waals surface area contributed by atoms with Crippen molar-refractivity contribution in [3.63, 3.8) is 0 Å². The summed E-state index contributed by atoms with van der Waals surface area (Å²) in [5.41, 5.74) is 3.23. The Kier molecular flexibility index (Phi) is 3.51. The predicted octanol–water partition coefficient (Wildman–Crippen LogP) is 3.75. The number of benzene rings is 1. The van der Waals surface area contributed by atoms with E-state index in [0.717, 1.165) is 22.7 Å². The fourth-order valence-corrected chi connectivity index (χ4v) is 2.33. The third-order valence-electron chi connectivity index (χ3n) is 3.25. The first-order chi connectivity index (χ1) is 10.0. The highest BCUT2D eigenvalue weighted by atomic mass is 35.5. The molecule has 21 heavy (non-hydrogen) atoms. The number of nitrogens with zero attached hydrogens (tertiary/aromatic N) is 3. The summed E-state index contributed by atoms with van der Waals surface area (Å²) >= 11 is 5.75. The first kappa shape index (κ1) is 13.8. The predicted molar refractivity (Wildman–Crippen MR) is 81.2 cm³/mol. The lowest BCUT2D eigenvalue weighted by Crippen LogP contribution is -2.08. The minimum absolute atomic E-state index is 0.325. The molecule has 0 fully saturated rings. The molecule has 6 heteroatoms. The first-order valence-corrected chi connectivity index (χ1v) is 6.92. The zero-order valence-corrected chi connectivity index (χ0v) is 12.4. The van der Waals surface area contributed by atoms with Crippen molar-refractivity contribution in [1.82, 2.24) is 14.6 Å². The van der Waals surface area contributed by atoms with Gasteiger partial charge < -0.3 is 5.32 Å². The number of hydrogen-bond acceptors (Lipinski definition) is 3. The van der Waals surface area contributed by atoms with E-state index in [1.807, 2.05) is 19.9 Å². The summed E-state index contributed by atoms with van der Waals surface area (Å²) in [5, 5.41) is 7.87. The number of aromatic nitrogens is 3. The average molecular weight is 305 g/mol. The number of hydrogen-bond donors (Lipinski definition) is 1. The summed E-state index contributed by atoms with van der Waals surface area (Å²) < 4.78 is 15.5. The van der Waals surface area contributed by atoms with Crippen LogP contribution in [0.5, 0.6) is 0 Å². The summed E-state index contributed by atoms with van der Waals surface area (Å²) in [6, 6.07) is 6.54. The van der Waals surface area contributed by atoms with Crippen molar-refractivity contribution in [1.29, 1.82) is 0 Å².